The van der Waals surface area contributed by atoms with E-state index in [2.05, 4.69) is 16.0 Å². The van der Waals surface area contributed by atoms with Crippen LogP contribution in [0, 0.1) is 0 Å². The van der Waals surface area contributed by atoms with Gasteiger partial charge in [0.2, 0.25) is 6.41 Å². The van der Waals surface area contributed by atoms with Crippen LogP contribution in [0.5, 0.6) is 0 Å². The lowest BCUT2D eigenvalue weighted by atomic mass is 10.3. The SMILES string of the molecule is C=O.CNCCCCNC.NCCOCCOCCNC=O. The van der Waals surface area contributed by atoms with Gasteiger partial charge in [0.25, 0.3) is 0 Å². The summed E-state index contributed by atoms with van der Waals surface area (Å²) in [6.07, 6.45) is 3.20. The molecule has 0 bridgehead atoms. The molecule has 0 atom stereocenters. The van der Waals surface area contributed by atoms with Crippen molar-refractivity contribution in [3.05, 3.63) is 0 Å². The fraction of sp³-hybridized carbons (Fsp3) is 0.857. The number of amides is 1. The molecule has 0 unspecified atom stereocenters. The first kappa shape index (κ1) is 25.9. The third-order valence-electron chi connectivity index (χ3n) is 2.21. The molecule has 0 aliphatic heterocycles. The van der Waals surface area contributed by atoms with E-state index < -0.39 is 0 Å². The number of unbranched alkanes of at least 4 members (excludes halogenated alkanes) is 1. The zero-order chi connectivity index (χ0) is 17.3. The second-order valence-corrected chi connectivity index (χ2v) is 4.00. The van der Waals surface area contributed by atoms with Gasteiger partial charge in [-0.1, -0.05) is 0 Å². The molecule has 0 saturated heterocycles. The minimum absolute atomic E-state index is 0.519. The molecule has 0 saturated carbocycles. The molecule has 0 rings (SSSR count). The van der Waals surface area contributed by atoms with Gasteiger partial charge in [-0.3, -0.25) is 4.79 Å². The third-order valence-corrected chi connectivity index (χ3v) is 2.21. The lowest BCUT2D eigenvalue weighted by molar-refractivity contribution is -0.109. The summed E-state index contributed by atoms with van der Waals surface area (Å²) in [6, 6.07) is 0. The predicted octanol–water partition coefficient (Wildman–Crippen LogP) is -1.26. The molecular weight excluding hydrogens is 288 g/mol. The molecule has 8 heteroatoms. The number of carbonyl (C=O) groups is 2. The summed E-state index contributed by atoms with van der Waals surface area (Å²) in [5, 5.41) is 8.68. The quantitative estimate of drug-likeness (QED) is 0.233. The Morgan fingerprint density at radius 2 is 1.41 bits per heavy atom. The average molecular weight is 322 g/mol. The molecule has 0 aliphatic carbocycles. The topological polar surface area (TPSA) is 115 Å². The summed E-state index contributed by atoms with van der Waals surface area (Å²) >= 11 is 0. The van der Waals surface area contributed by atoms with Crippen LogP contribution in [0.4, 0.5) is 0 Å². The number of ether oxygens (including phenoxy) is 2. The van der Waals surface area contributed by atoms with E-state index in [4.69, 9.17) is 20.0 Å². The van der Waals surface area contributed by atoms with Crippen molar-refractivity contribution in [3.8, 4) is 0 Å². The van der Waals surface area contributed by atoms with Crippen molar-refractivity contribution in [2.45, 2.75) is 12.8 Å². The maximum atomic E-state index is 9.77. The number of carbonyl (C=O) groups excluding carboxylic acids is 2. The maximum absolute atomic E-state index is 9.77. The van der Waals surface area contributed by atoms with Gasteiger partial charge < -0.3 is 36.0 Å². The maximum Gasteiger partial charge on any atom is 0.207 e. The number of nitrogens with two attached hydrogens (primary N) is 1. The second kappa shape index (κ2) is 32.0. The zero-order valence-electron chi connectivity index (χ0n) is 14.1. The molecule has 22 heavy (non-hydrogen) atoms. The van der Waals surface area contributed by atoms with E-state index in [9.17, 15) is 4.79 Å². The predicted molar refractivity (Wildman–Crippen MR) is 89.0 cm³/mol. The molecule has 0 aromatic rings. The van der Waals surface area contributed by atoms with E-state index in [0.29, 0.717) is 45.9 Å². The molecule has 0 spiro atoms. The van der Waals surface area contributed by atoms with Gasteiger partial charge in [0, 0.05) is 13.1 Å². The molecule has 134 valence electrons. The molecule has 0 aliphatic rings. The highest BCUT2D eigenvalue weighted by molar-refractivity contribution is 5.45. The summed E-state index contributed by atoms with van der Waals surface area (Å²) in [5.41, 5.74) is 5.19. The van der Waals surface area contributed by atoms with Gasteiger partial charge in [0.15, 0.2) is 0 Å². The van der Waals surface area contributed by atoms with Crippen molar-refractivity contribution in [2.75, 3.05) is 66.7 Å². The van der Waals surface area contributed by atoms with E-state index in [1.807, 2.05) is 20.9 Å². The summed E-state index contributed by atoms with van der Waals surface area (Å²) < 4.78 is 10.1. The Bertz CT molecular complexity index is 182. The van der Waals surface area contributed by atoms with Gasteiger partial charge in [0.1, 0.15) is 6.79 Å². The Morgan fingerprint density at radius 3 is 1.82 bits per heavy atom. The fourth-order valence-corrected chi connectivity index (χ4v) is 1.20. The van der Waals surface area contributed by atoms with Crippen molar-refractivity contribution < 1.29 is 19.1 Å². The highest BCUT2D eigenvalue weighted by Gasteiger charge is 1.88. The van der Waals surface area contributed by atoms with Gasteiger partial charge in [-0.05, 0) is 40.0 Å². The minimum Gasteiger partial charge on any atom is -0.378 e. The molecule has 1 amide bonds. The Morgan fingerprint density at radius 1 is 0.909 bits per heavy atom. The molecular formula is C14H34N4O4. The van der Waals surface area contributed by atoms with Crippen LogP contribution >= 0.6 is 0 Å². The number of hydrogen-bond donors (Lipinski definition) is 4. The van der Waals surface area contributed by atoms with Crippen molar-refractivity contribution in [2.24, 2.45) is 5.73 Å². The summed E-state index contributed by atoms with van der Waals surface area (Å²) in [6.45, 7) is 7.54. The molecule has 0 heterocycles. The molecule has 5 N–H and O–H groups in total. The van der Waals surface area contributed by atoms with Crippen LogP contribution in [0.1, 0.15) is 12.8 Å². The monoisotopic (exact) mass is 322 g/mol. The van der Waals surface area contributed by atoms with Crippen LogP contribution in [0.15, 0.2) is 0 Å². The molecule has 0 aromatic carbocycles. The minimum atomic E-state index is 0.519. The van der Waals surface area contributed by atoms with E-state index in [-0.39, 0.29) is 0 Å². The number of nitrogens with one attached hydrogen (secondary N) is 3. The van der Waals surface area contributed by atoms with E-state index in [1.165, 1.54) is 12.8 Å². The van der Waals surface area contributed by atoms with Crippen molar-refractivity contribution in [3.63, 3.8) is 0 Å². The average Bonchev–Trinajstić information content (AvgIpc) is 2.57. The largest absolute Gasteiger partial charge is 0.378 e. The Hall–Kier alpha value is -1.06. The number of hydrogen-bond acceptors (Lipinski definition) is 7. The molecule has 8 nitrogen and oxygen atoms in total. The van der Waals surface area contributed by atoms with Crippen LogP contribution in [-0.2, 0) is 19.1 Å². The standard InChI is InChI=1S/C7H16N2O3.C6H16N2.CH2O/c8-1-3-11-5-6-12-4-2-9-7-10;1-7-5-3-4-6-8-2;1-2/h7H,1-6,8H2,(H,9,10);7-8H,3-6H2,1-2H3;1H2. The van der Waals surface area contributed by atoms with Crippen LogP contribution < -0.4 is 21.7 Å². The Labute approximate surface area is 134 Å². The second-order valence-electron chi connectivity index (χ2n) is 4.00. The van der Waals surface area contributed by atoms with Crippen LogP contribution in [0.3, 0.4) is 0 Å². The first-order valence-corrected chi connectivity index (χ1v) is 7.44. The number of rotatable bonds is 14. The first-order valence-electron chi connectivity index (χ1n) is 7.44. The van der Waals surface area contributed by atoms with Crippen molar-refractivity contribution in [1.82, 2.24) is 16.0 Å². The van der Waals surface area contributed by atoms with E-state index in [0.717, 1.165) is 13.1 Å². The normalized spacial score (nSPS) is 9.05. The molecule has 0 fully saturated rings. The van der Waals surface area contributed by atoms with Crippen LogP contribution in [0.2, 0.25) is 0 Å². The first-order chi connectivity index (χ1) is 10.8. The van der Waals surface area contributed by atoms with Gasteiger partial charge in [0.05, 0.1) is 26.4 Å². The van der Waals surface area contributed by atoms with Crippen molar-refractivity contribution in [1.29, 1.82) is 0 Å². The molecule has 0 radical (unpaired) electrons. The van der Waals surface area contributed by atoms with Crippen LogP contribution in [-0.4, -0.2) is 79.9 Å². The summed E-state index contributed by atoms with van der Waals surface area (Å²) in [5.74, 6) is 0. The Kier molecular flexibility index (Phi) is 37.7. The van der Waals surface area contributed by atoms with E-state index >= 15 is 0 Å². The van der Waals surface area contributed by atoms with E-state index in [1.54, 1.807) is 0 Å². The Balaban J connectivity index is -0.000000313. The lowest BCUT2D eigenvalue weighted by Gasteiger charge is -2.03. The lowest BCUT2D eigenvalue weighted by Crippen LogP contribution is -2.19. The highest BCUT2D eigenvalue weighted by atomic mass is 16.5. The van der Waals surface area contributed by atoms with Gasteiger partial charge in [-0.2, -0.15) is 0 Å². The summed E-state index contributed by atoms with van der Waals surface area (Å²) in [7, 11) is 3.97. The fourth-order valence-electron chi connectivity index (χ4n) is 1.20. The third kappa shape index (κ3) is 36.4. The van der Waals surface area contributed by atoms with Gasteiger partial charge in [-0.25, -0.2) is 0 Å². The van der Waals surface area contributed by atoms with Crippen molar-refractivity contribution >= 4 is 13.2 Å². The summed E-state index contributed by atoms with van der Waals surface area (Å²) in [4.78, 5) is 17.8. The van der Waals surface area contributed by atoms with Crippen LogP contribution in [0.25, 0.3) is 0 Å². The highest BCUT2D eigenvalue weighted by Crippen LogP contribution is 1.81. The smallest absolute Gasteiger partial charge is 0.207 e. The zero-order valence-corrected chi connectivity index (χ0v) is 14.1. The van der Waals surface area contributed by atoms with Gasteiger partial charge >= 0.3 is 0 Å². The molecule has 0 aromatic heterocycles. The van der Waals surface area contributed by atoms with Gasteiger partial charge in [-0.15, -0.1) is 0 Å².